The summed E-state index contributed by atoms with van der Waals surface area (Å²) in [5, 5.41) is 14.4. The van der Waals surface area contributed by atoms with Gasteiger partial charge in [-0.3, -0.25) is 9.78 Å². The molecule has 1 aromatic carbocycles. The van der Waals surface area contributed by atoms with Gasteiger partial charge in [-0.1, -0.05) is 0 Å². The third kappa shape index (κ3) is 4.98. The first kappa shape index (κ1) is 22.7. The van der Waals surface area contributed by atoms with Crippen LogP contribution >= 0.6 is 15.9 Å². The van der Waals surface area contributed by atoms with E-state index in [4.69, 9.17) is 9.47 Å². The van der Waals surface area contributed by atoms with Crippen LogP contribution in [0.4, 0.5) is 11.6 Å². The molecule has 172 valence electrons. The lowest BCUT2D eigenvalue weighted by Crippen LogP contribution is -2.04. The number of anilines is 2. The quantitative estimate of drug-likeness (QED) is 0.364. The predicted octanol–water partition coefficient (Wildman–Crippen LogP) is 3.62. The molecule has 0 aliphatic rings. The van der Waals surface area contributed by atoms with E-state index < -0.39 is 9.84 Å². The Balaban J connectivity index is 1.80. The molecule has 3 aromatic heterocycles. The third-order valence-electron chi connectivity index (χ3n) is 4.51. The number of H-pyrrole nitrogens is 1. The molecule has 33 heavy (non-hydrogen) atoms. The molecule has 0 spiro atoms. The van der Waals surface area contributed by atoms with Gasteiger partial charge in [0.25, 0.3) is 0 Å². The maximum Gasteiger partial charge on any atom is 0.324 e. The van der Waals surface area contributed by atoms with Crippen molar-refractivity contribution in [1.82, 2.24) is 29.9 Å². The molecule has 0 amide bonds. The Morgan fingerprint density at radius 3 is 2.58 bits per heavy atom. The largest absolute Gasteiger partial charge is 0.491 e. The van der Waals surface area contributed by atoms with Crippen LogP contribution in [-0.2, 0) is 16.9 Å². The number of hydrogen-bond donors (Lipinski definition) is 2. The van der Waals surface area contributed by atoms with Crippen molar-refractivity contribution in [3.8, 4) is 28.8 Å². The molecule has 11 nitrogen and oxygen atoms in total. The first-order chi connectivity index (χ1) is 15.6. The van der Waals surface area contributed by atoms with Gasteiger partial charge in [0.1, 0.15) is 11.4 Å². The molecule has 0 saturated heterocycles. The molecule has 0 aliphatic carbocycles. The van der Waals surface area contributed by atoms with E-state index in [0.29, 0.717) is 38.9 Å². The number of sulfone groups is 1. The van der Waals surface area contributed by atoms with Gasteiger partial charge in [-0.15, -0.1) is 0 Å². The minimum Gasteiger partial charge on any atom is -0.491 e. The summed E-state index contributed by atoms with van der Waals surface area (Å²) in [6.45, 7) is 1.88. The van der Waals surface area contributed by atoms with Crippen LogP contribution < -0.4 is 14.8 Å². The second-order valence-corrected chi connectivity index (χ2v) is 10.0. The smallest absolute Gasteiger partial charge is 0.324 e. The van der Waals surface area contributed by atoms with Crippen LogP contribution in [-0.4, -0.2) is 51.7 Å². The summed E-state index contributed by atoms with van der Waals surface area (Å²) in [6.07, 6.45) is 4.57. The van der Waals surface area contributed by atoms with Crippen molar-refractivity contribution in [3.05, 3.63) is 46.8 Å². The molecule has 0 fully saturated rings. The molecule has 4 aromatic rings. The number of benzene rings is 1. The monoisotopic (exact) mass is 533 g/mol. The van der Waals surface area contributed by atoms with E-state index in [-0.39, 0.29) is 10.9 Å². The van der Waals surface area contributed by atoms with Crippen molar-refractivity contribution in [2.75, 3.05) is 18.7 Å². The highest BCUT2D eigenvalue weighted by molar-refractivity contribution is 9.10. The molecule has 0 radical (unpaired) electrons. The Hall–Kier alpha value is -3.45. The lowest BCUT2D eigenvalue weighted by molar-refractivity contribution is 0.404. The van der Waals surface area contributed by atoms with E-state index in [1.807, 2.05) is 13.0 Å². The summed E-state index contributed by atoms with van der Waals surface area (Å²) < 4.78 is 37.2. The number of rotatable bonds is 7. The van der Waals surface area contributed by atoms with Crippen molar-refractivity contribution in [1.29, 1.82) is 0 Å². The summed E-state index contributed by atoms with van der Waals surface area (Å²) >= 11 is 3.35. The average Bonchev–Trinajstić information content (AvgIpc) is 3.36. The number of aromatic nitrogens is 6. The zero-order valence-electron chi connectivity index (χ0n) is 18.1. The van der Waals surface area contributed by atoms with E-state index in [0.717, 1.165) is 11.9 Å². The Morgan fingerprint density at radius 1 is 1.21 bits per heavy atom. The van der Waals surface area contributed by atoms with Crippen LogP contribution in [0, 0.1) is 6.92 Å². The highest BCUT2D eigenvalue weighted by Gasteiger charge is 2.21. The van der Waals surface area contributed by atoms with Crippen LogP contribution in [0.25, 0.3) is 11.3 Å². The highest BCUT2D eigenvalue weighted by atomic mass is 79.9. The van der Waals surface area contributed by atoms with Gasteiger partial charge in [0.05, 0.1) is 22.7 Å². The van der Waals surface area contributed by atoms with E-state index in [1.165, 1.54) is 25.3 Å². The Labute approximate surface area is 198 Å². The van der Waals surface area contributed by atoms with Gasteiger partial charge < -0.3 is 14.8 Å². The van der Waals surface area contributed by atoms with Crippen LogP contribution in [0.2, 0.25) is 0 Å². The fourth-order valence-electron chi connectivity index (χ4n) is 2.99. The van der Waals surface area contributed by atoms with Crippen LogP contribution in [0.5, 0.6) is 17.5 Å². The molecule has 0 saturated carbocycles. The molecular formula is C20H20BrN7O4S. The molecule has 0 unspecified atom stereocenters. The SMILES string of the molecule is COc1c(Nc2cc(C)[nH]n2)nc(Oc2ccc(S(C)(=O)=O)cc2Br)nc1-c1cnn(C)c1. The summed E-state index contributed by atoms with van der Waals surface area (Å²) in [4.78, 5) is 9.14. The number of halogens is 1. The summed E-state index contributed by atoms with van der Waals surface area (Å²) in [5.41, 5.74) is 2.01. The van der Waals surface area contributed by atoms with Gasteiger partial charge in [-0.05, 0) is 41.1 Å². The van der Waals surface area contributed by atoms with Gasteiger partial charge in [0, 0.05) is 36.8 Å². The Kier molecular flexibility index (Phi) is 6.08. The van der Waals surface area contributed by atoms with Crippen molar-refractivity contribution >= 4 is 37.4 Å². The van der Waals surface area contributed by atoms with E-state index in [9.17, 15) is 8.42 Å². The van der Waals surface area contributed by atoms with Crippen LogP contribution in [0.15, 0.2) is 46.0 Å². The first-order valence-electron chi connectivity index (χ1n) is 9.55. The number of hydrogen-bond acceptors (Lipinski definition) is 9. The van der Waals surface area contributed by atoms with Crippen molar-refractivity contribution in [3.63, 3.8) is 0 Å². The number of nitrogens with zero attached hydrogens (tertiary/aromatic N) is 5. The molecule has 2 N–H and O–H groups in total. The van der Waals surface area contributed by atoms with Crippen LogP contribution in [0.1, 0.15) is 5.69 Å². The number of aromatic amines is 1. The van der Waals surface area contributed by atoms with E-state index in [1.54, 1.807) is 24.1 Å². The van der Waals surface area contributed by atoms with Crippen molar-refractivity contribution in [2.24, 2.45) is 7.05 Å². The normalized spacial score (nSPS) is 11.4. The van der Waals surface area contributed by atoms with Crippen molar-refractivity contribution < 1.29 is 17.9 Å². The van der Waals surface area contributed by atoms with Gasteiger partial charge in [0.2, 0.25) is 0 Å². The van der Waals surface area contributed by atoms with Crippen molar-refractivity contribution in [2.45, 2.75) is 11.8 Å². The number of nitrogens with one attached hydrogen (secondary N) is 2. The maximum atomic E-state index is 11.8. The minimum absolute atomic E-state index is 0.0113. The second-order valence-electron chi connectivity index (χ2n) is 7.17. The number of ether oxygens (including phenoxy) is 2. The second kappa shape index (κ2) is 8.83. The summed E-state index contributed by atoms with van der Waals surface area (Å²) in [6, 6.07) is 6.26. The van der Waals surface area contributed by atoms with Gasteiger partial charge in [0.15, 0.2) is 27.2 Å². The maximum absolute atomic E-state index is 11.8. The minimum atomic E-state index is -3.37. The van der Waals surface area contributed by atoms with Gasteiger partial charge >= 0.3 is 6.01 Å². The first-order valence-corrected chi connectivity index (χ1v) is 12.2. The average molecular weight is 534 g/mol. The topological polar surface area (TPSA) is 137 Å². The predicted molar refractivity (Wildman–Crippen MR) is 125 cm³/mol. The van der Waals surface area contributed by atoms with E-state index >= 15 is 0 Å². The summed E-state index contributed by atoms with van der Waals surface area (Å²) in [5.74, 6) is 1.58. The highest BCUT2D eigenvalue weighted by Crippen LogP contribution is 2.38. The van der Waals surface area contributed by atoms with Crippen LogP contribution in [0.3, 0.4) is 0 Å². The van der Waals surface area contributed by atoms with Gasteiger partial charge in [-0.2, -0.15) is 20.2 Å². The zero-order chi connectivity index (χ0) is 23.8. The molecule has 0 aliphatic heterocycles. The Morgan fingerprint density at radius 2 is 2.00 bits per heavy atom. The lowest BCUT2D eigenvalue weighted by Gasteiger charge is -2.14. The Bertz CT molecular complexity index is 1430. The molecule has 0 atom stereocenters. The number of methoxy groups -OCH3 is 1. The fourth-order valence-corrected chi connectivity index (χ4v) is 4.25. The molecule has 3 heterocycles. The molecule has 0 bridgehead atoms. The fraction of sp³-hybridized carbons (Fsp3) is 0.200. The summed E-state index contributed by atoms with van der Waals surface area (Å²) in [7, 11) is -0.0594. The van der Waals surface area contributed by atoms with E-state index in [2.05, 4.69) is 46.5 Å². The van der Waals surface area contributed by atoms with Gasteiger partial charge in [-0.25, -0.2) is 8.42 Å². The molecule has 13 heteroatoms. The zero-order valence-corrected chi connectivity index (χ0v) is 20.5. The molecule has 4 rings (SSSR count). The molecular weight excluding hydrogens is 514 g/mol. The standard InChI is InChI=1S/C20H20BrN7O4S/c1-11-7-16(27-26-11)23-19-18(31-3)17(12-9-22-28(2)10-12)24-20(25-19)32-15-6-5-13(8-14(15)21)33(4,29)30/h5-10H,1-4H3,(H2,23,24,25,26,27). The number of aryl methyl sites for hydroxylation is 2. The lowest BCUT2D eigenvalue weighted by atomic mass is 10.2. The third-order valence-corrected chi connectivity index (χ3v) is 6.24.